The van der Waals surface area contributed by atoms with E-state index in [1.165, 1.54) is 4.90 Å². The number of hydrogen-bond acceptors (Lipinski definition) is 5. The fourth-order valence-corrected chi connectivity index (χ4v) is 3.70. The maximum atomic E-state index is 13.7. The first-order valence-corrected chi connectivity index (χ1v) is 11.2. The fourth-order valence-electron chi connectivity index (χ4n) is 3.70. The average Bonchev–Trinajstić information content (AvgIpc) is 3.15. The summed E-state index contributed by atoms with van der Waals surface area (Å²) < 4.78 is 0. The fraction of sp³-hybridized carbons (Fsp3) is 0.364. The number of carbonyl (C=O) groups is 3. The van der Waals surface area contributed by atoms with Crippen molar-refractivity contribution >= 4 is 52.8 Å². The van der Waals surface area contributed by atoms with Crippen molar-refractivity contribution in [3.63, 3.8) is 0 Å². The van der Waals surface area contributed by atoms with E-state index in [0.29, 0.717) is 17.9 Å². The summed E-state index contributed by atoms with van der Waals surface area (Å²) in [6.45, 7) is 3.83. The van der Waals surface area contributed by atoms with Crippen LogP contribution in [0.5, 0.6) is 0 Å². The molecular formula is C22H30B3N5O3. The maximum absolute atomic E-state index is 13.7. The van der Waals surface area contributed by atoms with Crippen molar-refractivity contribution in [3.8, 4) is 0 Å². The van der Waals surface area contributed by atoms with Gasteiger partial charge in [0.05, 0.1) is 6.54 Å². The number of hydrogen-bond donors (Lipinski definition) is 3. The molecule has 0 bridgehead atoms. The highest BCUT2D eigenvalue weighted by molar-refractivity contribution is 6.59. The standard InChI is InChI=1S/C22H30B3N5O3/c1-13(2)18(29-17(31)12-27-22(23,24)25)21(33)30-16(11-14-7-6-10-26-19(14)30)20(32)28-15-8-4-3-5-9-15/h3-10,13,16,18,27H,11-12,23-25H2,1-2H3,(H,28,32)(H,29,31). The Morgan fingerprint density at radius 2 is 1.82 bits per heavy atom. The van der Waals surface area contributed by atoms with Gasteiger partial charge >= 0.3 is 0 Å². The number of amides is 3. The molecule has 0 saturated heterocycles. The van der Waals surface area contributed by atoms with Crippen molar-refractivity contribution in [2.45, 2.75) is 37.6 Å². The zero-order chi connectivity index (χ0) is 24.2. The molecule has 1 aliphatic rings. The molecule has 2 atom stereocenters. The molecule has 0 saturated carbocycles. The Labute approximate surface area is 197 Å². The van der Waals surface area contributed by atoms with Crippen LogP contribution < -0.4 is 20.9 Å². The molecule has 3 amide bonds. The van der Waals surface area contributed by atoms with E-state index < -0.39 is 12.1 Å². The topological polar surface area (TPSA) is 103 Å². The minimum Gasteiger partial charge on any atom is -0.343 e. The van der Waals surface area contributed by atoms with E-state index in [-0.39, 0.29) is 35.4 Å². The van der Waals surface area contributed by atoms with Gasteiger partial charge in [-0.25, -0.2) is 4.98 Å². The van der Waals surface area contributed by atoms with Crippen molar-refractivity contribution in [3.05, 3.63) is 54.2 Å². The van der Waals surface area contributed by atoms with Crippen molar-refractivity contribution < 1.29 is 14.4 Å². The molecule has 2 unspecified atom stereocenters. The van der Waals surface area contributed by atoms with E-state index in [4.69, 9.17) is 0 Å². The van der Waals surface area contributed by atoms with Crippen molar-refractivity contribution in [1.82, 2.24) is 15.6 Å². The number of benzene rings is 1. The van der Waals surface area contributed by atoms with E-state index in [1.54, 1.807) is 24.4 Å². The molecule has 0 aliphatic carbocycles. The molecule has 0 fully saturated rings. The van der Waals surface area contributed by atoms with Crippen LogP contribution in [0.2, 0.25) is 0 Å². The lowest BCUT2D eigenvalue weighted by Gasteiger charge is -2.31. The highest BCUT2D eigenvalue weighted by atomic mass is 16.2. The van der Waals surface area contributed by atoms with Crippen molar-refractivity contribution in [1.29, 1.82) is 0 Å². The highest BCUT2D eigenvalue weighted by Gasteiger charge is 2.42. The van der Waals surface area contributed by atoms with E-state index in [2.05, 4.69) is 20.9 Å². The third-order valence-electron chi connectivity index (χ3n) is 5.43. The van der Waals surface area contributed by atoms with Crippen LogP contribution in [0, 0.1) is 5.92 Å². The van der Waals surface area contributed by atoms with E-state index in [9.17, 15) is 14.4 Å². The lowest BCUT2D eigenvalue weighted by Crippen LogP contribution is -2.58. The number of fused-ring (bicyclic) bond motifs is 1. The number of para-hydroxylation sites is 1. The minimum atomic E-state index is -0.792. The number of rotatable bonds is 8. The second-order valence-corrected chi connectivity index (χ2v) is 9.66. The van der Waals surface area contributed by atoms with Gasteiger partial charge in [-0.05, 0) is 29.7 Å². The second-order valence-electron chi connectivity index (χ2n) is 9.66. The Balaban J connectivity index is 1.83. The van der Waals surface area contributed by atoms with Gasteiger partial charge in [0, 0.05) is 18.3 Å². The zero-order valence-electron chi connectivity index (χ0n) is 19.9. The zero-order valence-corrected chi connectivity index (χ0v) is 19.9. The second kappa shape index (κ2) is 10.2. The van der Waals surface area contributed by atoms with Gasteiger partial charge in [-0.15, -0.1) is 0 Å². The molecule has 0 radical (unpaired) electrons. The molecule has 33 heavy (non-hydrogen) atoms. The van der Waals surface area contributed by atoms with Crippen molar-refractivity contribution in [2.24, 2.45) is 5.92 Å². The molecule has 1 aliphatic heterocycles. The first-order valence-electron chi connectivity index (χ1n) is 11.2. The first-order chi connectivity index (χ1) is 15.6. The van der Waals surface area contributed by atoms with Crippen LogP contribution in [-0.2, 0) is 20.8 Å². The van der Waals surface area contributed by atoms with Gasteiger partial charge in [-0.1, -0.05) is 43.3 Å². The van der Waals surface area contributed by atoms with Crippen LogP contribution in [0.25, 0.3) is 0 Å². The van der Waals surface area contributed by atoms with E-state index >= 15 is 0 Å². The average molecular weight is 445 g/mol. The molecular weight excluding hydrogens is 415 g/mol. The predicted molar refractivity (Wildman–Crippen MR) is 137 cm³/mol. The number of nitrogens with zero attached hydrogens (tertiary/aromatic N) is 2. The van der Waals surface area contributed by atoms with Gasteiger partial charge in [-0.3, -0.25) is 19.3 Å². The first kappa shape index (κ1) is 24.6. The quantitative estimate of drug-likeness (QED) is 0.418. The van der Waals surface area contributed by atoms with Gasteiger partial charge in [0.25, 0.3) is 5.91 Å². The van der Waals surface area contributed by atoms with Gasteiger partial charge < -0.3 is 16.0 Å². The number of anilines is 2. The summed E-state index contributed by atoms with van der Waals surface area (Å²) in [5.41, 5.74) is 1.48. The molecule has 3 rings (SSSR count). The Hall–Kier alpha value is -3.07. The summed E-state index contributed by atoms with van der Waals surface area (Å²) in [5.74, 6) is -0.636. The molecule has 1 aromatic carbocycles. The SMILES string of the molecule is BC(B)(B)NCC(=O)NC(C(=O)N1c2ncccc2CC1C(=O)Nc1ccccc1)C(C)C. The van der Waals surface area contributed by atoms with Crippen LogP contribution in [0.15, 0.2) is 48.7 Å². The number of carbonyl (C=O) groups excluding carboxylic acids is 3. The summed E-state index contributed by atoms with van der Waals surface area (Å²) >= 11 is 0. The Morgan fingerprint density at radius 1 is 1.12 bits per heavy atom. The van der Waals surface area contributed by atoms with Crippen LogP contribution >= 0.6 is 0 Å². The molecule has 11 heteroatoms. The lowest BCUT2D eigenvalue weighted by molar-refractivity contribution is -0.129. The molecule has 3 N–H and O–H groups in total. The molecule has 1 aromatic heterocycles. The Morgan fingerprint density at radius 3 is 2.45 bits per heavy atom. The minimum absolute atomic E-state index is 0.0900. The third kappa shape index (κ3) is 6.25. The van der Waals surface area contributed by atoms with Crippen LogP contribution in [0.1, 0.15) is 19.4 Å². The summed E-state index contributed by atoms with van der Waals surface area (Å²) in [5, 5.41) is 8.65. The van der Waals surface area contributed by atoms with Gasteiger partial charge in [0.15, 0.2) is 0 Å². The van der Waals surface area contributed by atoms with Gasteiger partial charge in [0.1, 0.15) is 41.4 Å². The smallest absolute Gasteiger partial charge is 0.251 e. The third-order valence-corrected chi connectivity index (χ3v) is 5.43. The predicted octanol–water partition coefficient (Wildman–Crippen LogP) is -1.78. The molecule has 8 nitrogen and oxygen atoms in total. The van der Waals surface area contributed by atoms with E-state index in [0.717, 1.165) is 5.56 Å². The lowest BCUT2D eigenvalue weighted by atomic mass is 9.49. The summed E-state index contributed by atoms with van der Waals surface area (Å²) in [6.07, 6.45) is 1.96. The summed E-state index contributed by atoms with van der Waals surface area (Å²) in [7, 11) is 5.90. The van der Waals surface area contributed by atoms with Crippen LogP contribution in [0.3, 0.4) is 0 Å². The maximum Gasteiger partial charge on any atom is 0.251 e. The van der Waals surface area contributed by atoms with Crippen LogP contribution in [0.4, 0.5) is 11.5 Å². The van der Waals surface area contributed by atoms with Crippen LogP contribution in [-0.4, -0.2) is 70.1 Å². The summed E-state index contributed by atoms with van der Waals surface area (Å²) in [6, 6.07) is 11.2. The molecule has 2 heterocycles. The Bertz CT molecular complexity index is 1010. The molecule has 0 spiro atoms. The summed E-state index contributed by atoms with van der Waals surface area (Å²) in [4.78, 5) is 45.3. The Kier molecular flexibility index (Phi) is 7.63. The number of aromatic nitrogens is 1. The highest BCUT2D eigenvalue weighted by Crippen LogP contribution is 2.32. The van der Waals surface area contributed by atoms with Gasteiger partial charge in [0.2, 0.25) is 11.8 Å². The van der Waals surface area contributed by atoms with Gasteiger partial charge in [-0.2, -0.15) is 0 Å². The normalized spacial score (nSPS) is 16.2. The number of pyridine rings is 1. The largest absolute Gasteiger partial charge is 0.343 e. The monoisotopic (exact) mass is 445 g/mol. The number of nitrogens with one attached hydrogen (secondary N) is 3. The molecule has 170 valence electrons. The van der Waals surface area contributed by atoms with Crippen molar-refractivity contribution in [2.75, 3.05) is 16.8 Å². The molecule has 2 aromatic rings. The van der Waals surface area contributed by atoms with E-state index in [1.807, 2.05) is 61.7 Å².